The van der Waals surface area contributed by atoms with Gasteiger partial charge in [0.05, 0.1) is 6.61 Å². The third-order valence-electron chi connectivity index (χ3n) is 2.91. The van der Waals surface area contributed by atoms with Crippen molar-refractivity contribution in [2.45, 2.75) is 26.8 Å². The average Bonchev–Trinajstić information content (AvgIpc) is 2.30. The Kier molecular flexibility index (Phi) is 5.16. The monoisotopic (exact) mass is 249 g/mol. The average molecular weight is 249 g/mol. The van der Waals surface area contributed by atoms with E-state index in [1.54, 1.807) is 7.11 Å². The summed E-state index contributed by atoms with van der Waals surface area (Å²) < 4.78 is 5.14. The van der Waals surface area contributed by atoms with Crippen molar-refractivity contribution in [2.75, 3.05) is 25.2 Å². The molecule has 0 spiro atoms. The highest BCUT2D eigenvalue weighted by Gasteiger charge is 2.15. The van der Waals surface area contributed by atoms with E-state index in [4.69, 9.17) is 15.9 Å². The summed E-state index contributed by atoms with van der Waals surface area (Å²) in [5.41, 5.74) is 8.58. The molecule has 1 aromatic rings. The molecule has 0 radical (unpaired) electrons. The van der Waals surface area contributed by atoms with E-state index in [0.717, 1.165) is 23.4 Å². The zero-order valence-corrected chi connectivity index (χ0v) is 11.7. The zero-order valence-electron chi connectivity index (χ0n) is 11.7. The molecule has 0 heterocycles. The number of benzene rings is 1. The number of aryl methyl sites for hydroxylation is 1. The molecule has 18 heavy (non-hydrogen) atoms. The molecular formula is C14H23N3O. The first-order chi connectivity index (χ1) is 8.47. The van der Waals surface area contributed by atoms with Crippen LogP contribution in [0.2, 0.25) is 0 Å². The molecule has 1 aromatic carbocycles. The molecule has 0 aliphatic heterocycles. The number of hydrogen-bond acceptors (Lipinski definition) is 3. The van der Waals surface area contributed by atoms with Crippen molar-refractivity contribution in [2.24, 2.45) is 5.73 Å². The fourth-order valence-electron chi connectivity index (χ4n) is 1.96. The minimum Gasteiger partial charge on any atom is -0.384 e. The van der Waals surface area contributed by atoms with Crippen LogP contribution in [-0.4, -0.2) is 32.1 Å². The van der Waals surface area contributed by atoms with E-state index in [2.05, 4.69) is 18.7 Å². The lowest BCUT2D eigenvalue weighted by Crippen LogP contribution is -2.35. The minimum atomic E-state index is 0.108. The van der Waals surface area contributed by atoms with Crippen LogP contribution in [0.1, 0.15) is 25.0 Å². The van der Waals surface area contributed by atoms with Crippen LogP contribution in [0, 0.1) is 12.3 Å². The van der Waals surface area contributed by atoms with Crippen LogP contribution in [0.5, 0.6) is 0 Å². The second-order valence-corrected chi connectivity index (χ2v) is 4.71. The van der Waals surface area contributed by atoms with Crippen molar-refractivity contribution < 1.29 is 4.74 Å². The Labute approximate surface area is 109 Å². The number of nitrogens with zero attached hydrogens (tertiary/aromatic N) is 1. The molecule has 0 bridgehead atoms. The maximum atomic E-state index is 7.70. The molecule has 0 saturated carbocycles. The molecule has 0 unspecified atom stereocenters. The Morgan fingerprint density at radius 1 is 1.44 bits per heavy atom. The molecule has 4 nitrogen and oxygen atoms in total. The van der Waals surface area contributed by atoms with E-state index in [-0.39, 0.29) is 5.84 Å². The predicted octanol–water partition coefficient (Wildman–Crippen LogP) is 2.14. The van der Waals surface area contributed by atoms with E-state index < -0.39 is 0 Å². The van der Waals surface area contributed by atoms with Gasteiger partial charge in [0.25, 0.3) is 0 Å². The summed E-state index contributed by atoms with van der Waals surface area (Å²) in [7, 11) is 1.69. The molecule has 0 atom stereocenters. The lowest BCUT2D eigenvalue weighted by atomic mass is 10.1. The van der Waals surface area contributed by atoms with Gasteiger partial charge in [-0.05, 0) is 32.9 Å². The van der Waals surface area contributed by atoms with Gasteiger partial charge >= 0.3 is 0 Å². The standard InChI is InChI=1S/C14H23N3O/c1-10(2)17(7-8-18-4)13-6-5-11(3)9-12(13)14(15)16/h5-6,9-10H,7-8H2,1-4H3,(H3,15,16). The van der Waals surface area contributed by atoms with Crippen LogP contribution in [0.25, 0.3) is 0 Å². The number of rotatable bonds is 6. The lowest BCUT2D eigenvalue weighted by molar-refractivity contribution is 0.204. The van der Waals surface area contributed by atoms with Crippen LogP contribution < -0.4 is 10.6 Å². The number of nitrogens with two attached hydrogens (primary N) is 1. The predicted molar refractivity (Wildman–Crippen MR) is 76.6 cm³/mol. The molecule has 0 amide bonds. The van der Waals surface area contributed by atoms with Gasteiger partial charge in [-0.25, -0.2) is 0 Å². The Bertz CT molecular complexity index is 416. The molecule has 0 saturated heterocycles. The number of nitrogen functional groups attached to an aromatic ring is 1. The molecule has 1 rings (SSSR count). The first-order valence-electron chi connectivity index (χ1n) is 6.18. The summed E-state index contributed by atoms with van der Waals surface area (Å²) >= 11 is 0. The number of nitrogens with one attached hydrogen (secondary N) is 1. The minimum absolute atomic E-state index is 0.108. The maximum absolute atomic E-state index is 7.70. The fraction of sp³-hybridized carbons (Fsp3) is 0.500. The highest BCUT2D eigenvalue weighted by atomic mass is 16.5. The highest BCUT2D eigenvalue weighted by Crippen LogP contribution is 2.23. The van der Waals surface area contributed by atoms with Gasteiger partial charge in [-0.3, -0.25) is 5.41 Å². The van der Waals surface area contributed by atoms with Crippen molar-refractivity contribution in [3.8, 4) is 0 Å². The Balaban J connectivity index is 3.14. The first-order valence-corrected chi connectivity index (χ1v) is 6.18. The summed E-state index contributed by atoms with van der Waals surface area (Å²) in [6.45, 7) is 7.70. The molecule has 0 aromatic heterocycles. The Hall–Kier alpha value is -1.55. The molecule has 4 heteroatoms. The second kappa shape index (κ2) is 6.40. The summed E-state index contributed by atoms with van der Waals surface area (Å²) in [4.78, 5) is 2.21. The van der Waals surface area contributed by atoms with Gasteiger partial charge in [0, 0.05) is 30.9 Å². The summed E-state index contributed by atoms with van der Waals surface area (Å²) in [5.74, 6) is 0.108. The maximum Gasteiger partial charge on any atom is 0.124 e. The largest absolute Gasteiger partial charge is 0.384 e. The van der Waals surface area contributed by atoms with Crippen molar-refractivity contribution >= 4 is 11.5 Å². The number of methoxy groups -OCH3 is 1. The van der Waals surface area contributed by atoms with Gasteiger partial charge in [0.2, 0.25) is 0 Å². The summed E-state index contributed by atoms with van der Waals surface area (Å²) in [6, 6.07) is 6.37. The van der Waals surface area contributed by atoms with E-state index in [1.165, 1.54) is 0 Å². The second-order valence-electron chi connectivity index (χ2n) is 4.71. The number of ether oxygens (including phenoxy) is 1. The van der Waals surface area contributed by atoms with Gasteiger partial charge < -0.3 is 15.4 Å². The Morgan fingerprint density at radius 2 is 2.11 bits per heavy atom. The van der Waals surface area contributed by atoms with Crippen LogP contribution in [-0.2, 0) is 4.74 Å². The molecule has 0 fully saturated rings. The quantitative estimate of drug-likeness (QED) is 0.600. The van der Waals surface area contributed by atoms with Crippen molar-refractivity contribution in [1.82, 2.24) is 0 Å². The van der Waals surface area contributed by atoms with Crippen LogP contribution in [0.15, 0.2) is 18.2 Å². The normalized spacial score (nSPS) is 10.7. The molecule has 3 N–H and O–H groups in total. The summed E-state index contributed by atoms with van der Waals surface area (Å²) in [5, 5.41) is 7.70. The lowest BCUT2D eigenvalue weighted by Gasteiger charge is -2.30. The number of hydrogen-bond donors (Lipinski definition) is 2. The molecule has 0 aliphatic rings. The van der Waals surface area contributed by atoms with Gasteiger partial charge in [-0.1, -0.05) is 11.6 Å². The van der Waals surface area contributed by atoms with Crippen molar-refractivity contribution in [3.63, 3.8) is 0 Å². The van der Waals surface area contributed by atoms with Gasteiger partial charge in [0.1, 0.15) is 5.84 Å². The number of anilines is 1. The zero-order chi connectivity index (χ0) is 13.7. The molecular weight excluding hydrogens is 226 g/mol. The molecule has 0 aliphatic carbocycles. The van der Waals surface area contributed by atoms with Gasteiger partial charge in [-0.2, -0.15) is 0 Å². The SMILES string of the molecule is COCCN(c1ccc(C)cc1C(=N)N)C(C)C. The van der Waals surface area contributed by atoms with E-state index in [0.29, 0.717) is 12.6 Å². The topological polar surface area (TPSA) is 62.3 Å². The smallest absolute Gasteiger partial charge is 0.124 e. The fourth-order valence-corrected chi connectivity index (χ4v) is 1.96. The third-order valence-corrected chi connectivity index (χ3v) is 2.91. The Morgan fingerprint density at radius 3 is 2.61 bits per heavy atom. The highest BCUT2D eigenvalue weighted by molar-refractivity contribution is 6.00. The third kappa shape index (κ3) is 3.47. The van der Waals surface area contributed by atoms with Crippen molar-refractivity contribution in [3.05, 3.63) is 29.3 Å². The van der Waals surface area contributed by atoms with Gasteiger partial charge in [0.15, 0.2) is 0 Å². The van der Waals surface area contributed by atoms with E-state index in [9.17, 15) is 0 Å². The van der Waals surface area contributed by atoms with Crippen molar-refractivity contribution in [1.29, 1.82) is 5.41 Å². The van der Waals surface area contributed by atoms with Crippen LogP contribution >= 0.6 is 0 Å². The van der Waals surface area contributed by atoms with E-state index in [1.807, 2.05) is 25.1 Å². The van der Waals surface area contributed by atoms with Crippen LogP contribution in [0.4, 0.5) is 5.69 Å². The van der Waals surface area contributed by atoms with Crippen LogP contribution in [0.3, 0.4) is 0 Å². The molecule has 100 valence electrons. The van der Waals surface area contributed by atoms with E-state index >= 15 is 0 Å². The van der Waals surface area contributed by atoms with Gasteiger partial charge in [-0.15, -0.1) is 0 Å². The first kappa shape index (κ1) is 14.5. The number of amidine groups is 1. The summed E-state index contributed by atoms with van der Waals surface area (Å²) in [6.07, 6.45) is 0.